The smallest absolute Gasteiger partial charge is 0.216 e. The topological polar surface area (TPSA) is 64.7 Å². The Morgan fingerprint density at radius 1 is 0.674 bits per heavy atom. The summed E-state index contributed by atoms with van der Waals surface area (Å²) in [5, 5.41) is 4.31. The van der Waals surface area contributed by atoms with Crippen molar-refractivity contribution >= 4 is 32.8 Å². The number of pyridine rings is 4. The van der Waals surface area contributed by atoms with Gasteiger partial charge in [-0.25, -0.2) is 4.98 Å². The van der Waals surface area contributed by atoms with Gasteiger partial charge in [-0.15, -0.1) is 53.6 Å². The Bertz CT molecular complexity index is 2260. The molecule has 0 saturated carbocycles. The summed E-state index contributed by atoms with van der Waals surface area (Å²) in [7, 11) is 0. The van der Waals surface area contributed by atoms with Gasteiger partial charge in [0.15, 0.2) is 0 Å². The zero-order valence-electron chi connectivity index (χ0n) is 25.9. The van der Waals surface area contributed by atoms with E-state index in [0.29, 0.717) is 5.71 Å². The number of benzene rings is 3. The average Bonchev–Trinajstić information content (AvgIpc) is 3.44. The third kappa shape index (κ3) is 6.10. The molecule has 0 aliphatic rings. The number of fused-ring (bicyclic) bond motifs is 4. The molecule has 46 heavy (non-hydrogen) atoms. The van der Waals surface area contributed by atoms with Crippen molar-refractivity contribution in [1.82, 2.24) is 19.9 Å². The summed E-state index contributed by atoms with van der Waals surface area (Å²) in [5.41, 5.74) is 11.9. The van der Waals surface area contributed by atoms with Gasteiger partial charge in [-0.2, -0.15) is 0 Å². The zero-order chi connectivity index (χ0) is 30.9. The minimum atomic E-state index is 0. The number of nitrogens with zero attached hydrogens (tertiary/aromatic N) is 4. The van der Waals surface area contributed by atoms with Crippen LogP contribution in [0.25, 0.3) is 66.5 Å². The van der Waals surface area contributed by atoms with Crippen molar-refractivity contribution in [2.24, 2.45) is 0 Å². The van der Waals surface area contributed by atoms with E-state index in [9.17, 15) is 0 Å². The van der Waals surface area contributed by atoms with Gasteiger partial charge in [0.25, 0.3) is 0 Å². The van der Waals surface area contributed by atoms with Crippen molar-refractivity contribution in [2.75, 3.05) is 0 Å². The van der Waals surface area contributed by atoms with E-state index in [2.05, 4.69) is 89.5 Å². The summed E-state index contributed by atoms with van der Waals surface area (Å²) in [6, 6.07) is 35.3. The van der Waals surface area contributed by atoms with Gasteiger partial charge in [-0.3, -0.25) is 4.98 Å². The first-order chi connectivity index (χ1) is 21.9. The molecule has 5 nitrogen and oxygen atoms in total. The van der Waals surface area contributed by atoms with Crippen molar-refractivity contribution in [2.45, 2.75) is 27.7 Å². The third-order valence-electron chi connectivity index (χ3n) is 7.92. The quantitative estimate of drug-likeness (QED) is 0.167. The fourth-order valence-corrected chi connectivity index (χ4v) is 5.50. The van der Waals surface area contributed by atoms with E-state index in [-0.39, 0.29) is 20.1 Å². The summed E-state index contributed by atoms with van der Waals surface area (Å²) < 4.78 is 6.17. The minimum Gasteiger partial charge on any atom is -0.486 e. The predicted octanol–water partition coefficient (Wildman–Crippen LogP) is 9.84. The molecule has 0 atom stereocenters. The maximum Gasteiger partial charge on any atom is 0.216 e. The Morgan fingerprint density at radius 3 is 2.33 bits per heavy atom. The SMILES string of the molecule is Cc1c[c-]c(-c2ccc(C)cn2)cc1.Cc1ccc2c(n1)oc1c(-c3cc(-c4cccc5cnccc45)c(C)cn3)[c-]ccc12.[Ir]. The van der Waals surface area contributed by atoms with E-state index in [1.54, 1.807) is 0 Å². The van der Waals surface area contributed by atoms with Crippen molar-refractivity contribution in [3.05, 3.63) is 144 Å². The molecule has 6 heteroatoms. The number of rotatable bonds is 3. The molecule has 1 radical (unpaired) electrons. The minimum absolute atomic E-state index is 0. The second kappa shape index (κ2) is 13.1. The van der Waals surface area contributed by atoms with Crippen LogP contribution < -0.4 is 0 Å². The van der Waals surface area contributed by atoms with Crippen LogP contribution in [0.2, 0.25) is 0 Å². The van der Waals surface area contributed by atoms with Gasteiger partial charge in [0.05, 0.1) is 5.58 Å². The van der Waals surface area contributed by atoms with E-state index >= 15 is 0 Å². The van der Waals surface area contributed by atoms with E-state index in [1.807, 2.05) is 75.0 Å². The number of hydrogen-bond donors (Lipinski definition) is 0. The summed E-state index contributed by atoms with van der Waals surface area (Å²) in [6.45, 7) is 8.15. The second-order valence-corrected chi connectivity index (χ2v) is 11.3. The van der Waals surface area contributed by atoms with Crippen LogP contribution in [0.4, 0.5) is 0 Å². The molecular weight excluding hydrogens is 745 g/mol. The van der Waals surface area contributed by atoms with Gasteiger partial charge in [0.1, 0.15) is 0 Å². The largest absolute Gasteiger partial charge is 0.486 e. The number of aromatic nitrogens is 4. The van der Waals surface area contributed by atoms with Crippen LogP contribution in [-0.2, 0) is 20.1 Å². The zero-order valence-corrected chi connectivity index (χ0v) is 28.3. The first-order valence-corrected chi connectivity index (χ1v) is 14.9. The molecule has 0 aliphatic carbocycles. The molecule has 0 aliphatic heterocycles. The van der Waals surface area contributed by atoms with Crippen LogP contribution in [0, 0.1) is 39.8 Å². The fourth-order valence-electron chi connectivity index (χ4n) is 5.50. The molecule has 5 heterocycles. The number of furan rings is 1. The van der Waals surface area contributed by atoms with Crippen molar-refractivity contribution in [3.63, 3.8) is 0 Å². The molecule has 227 valence electrons. The monoisotopic (exact) mass is 775 g/mol. The molecule has 0 amide bonds. The van der Waals surface area contributed by atoms with Gasteiger partial charge < -0.3 is 14.4 Å². The third-order valence-corrected chi connectivity index (χ3v) is 7.92. The van der Waals surface area contributed by atoms with Crippen molar-refractivity contribution in [1.29, 1.82) is 0 Å². The van der Waals surface area contributed by atoms with Crippen LogP contribution in [0.5, 0.6) is 0 Å². The first-order valence-electron chi connectivity index (χ1n) is 14.9. The second-order valence-electron chi connectivity index (χ2n) is 11.3. The average molecular weight is 775 g/mol. The van der Waals surface area contributed by atoms with Crippen molar-refractivity contribution in [3.8, 4) is 33.6 Å². The molecule has 5 aromatic heterocycles. The Labute approximate surface area is 281 Å². The molecule has 0 saturated heterocycles. The van der Waals surface area contributed by atoms with Gasteiger partial charge in [0.2, 0.25) is 5.71 Å². The van der Waals surface area contributed by atoms with Crippen molar-refractivity contribution < 1.29 is 24.5 Å². The molecule has 0 bridgehead atoms. The standard InChI is InChI=1S/C27H18N3O.C13H12N.Ir/c1-16-14-29-25(13-24(16)20-6-3-5-18-15-28-12-11-19(18)20)23-8-4-7-21-22-10-9-17(2)30-27(22)31-26(21)23;1-10-3-6-12(7-4-10)13-8-5-11(2)9-14-13;/h3-7,9-15H,1-2H3;3-6,8-9H,1-2H3;/q2*-1;. The van der Waals surface area contributed by atoms with Gasteiger partial charge in [-0.1, -0.05) is 54.3 Å². The maximum absolute atomic E-state index is 6.17. The van der Waals surface area contributed by atoms with Gasteiger partial charge in [0, 0.05) is 61.4 Å². The molecule has 0 spiro atoms. The van der Waals surface area contributed by atoms with Crippen LogP contribution in [0.15, 0.2) is 114 Å². The summed E-state index contributed by atoms with van der Waals surface area (Å²) in [6.07, 6.45) is 7.53. The van der Waals surface area contributed by atoms with Gasteiger partial charge in [-0.05, 0) is 78.0 Å². The predicted molar refractivity (Wildman–Crippen MR) is 182 cm³/mol. The van der Waals surface area contributed by atoms with Crippen LogP contribution in [-0.4, -0.2) is 19.9 Å². The molecule has 0 unspecified atom stereocenters. The van der Waals surface area contributed by atoms with Crippen LogP contribution >= 0.6 is 0 Å². The Hall–Kier alpha value is -5.03. The van der Waals surface area contributed by atoms with E-state index < -0.39 is 0 Å². The normalized spacial score (nSPS) is 10.9. The molecule has 8 aromatic rings. The Balaban J connectivity index is 0.000000209. The Morgan fingerprint density at radius 2 is 1.52 bits per heavy atom. The summed E-state index contributed by atoms with van der Waals surface area (Å²) >= 11 is 0. The fraction of sp³-hybridized carbons (Fsp3) is 0.100. The van der Waals surface area contributed by atoms with E-state index in [1.165, 1.54) is 16.5 Å². The summed E-state index contributed by atoms with van der Waals surface area (Å²) in [5.74, 6) is 0. The molecular formula is C40H30IrN4O-2. The number of hydrogen-bond acceptors (Lipinski definition) is 5. The molecule has 3 aromatic carbocycles. The van der Waals surface area contributed by atoms with Gasteiger partial charge >= 0.3 is 0 Å². The van der Waals surface area contributed by atoms with Crippen LogP contribution in [0.3, 0.4) is 0 Å². The first kappa shape index (κ1) is 31.0. The van der Waals surface area contributed by atoms with E-state index in [4.69, 9.17) is 9.40 Å². The number of aryl methyl sites for hydroxylation is 4. The van der Waals surface area contributed by atoms with Crippen LogP contribution in [0.1, 0.15) is 22.4 Å². The van der Waals surface area contributed by atoms with E-state index in [0.717, 1.165) is 66.6 Å². The molecule has 0 fully saturated rings. The molecule has 0 N–H and O–H groups in total. The summed E-state index contributed by atoms with van der Waals surface area (Å²) in [4.78, 5) is 17.9. The maximum atomic E-state index is 6.17. The Kier molecular flexibility index (Phi) is 8.85. The molecule has 8 rings (SSSR count).